The number of piperidine rings is 1. The average molecular weight is 365 g/mol. The second-order valence-electron chi connectivity index (χ2n) is 6.29. The highest BCUT2D eigenvalue weighted by Crippen LogP contribution is 2.42. The van der Waals surface area contributed by atoms with Crippen LogP contribution in [-0.2, 0) is 4.79 Å². The molecule has 2 fully saturated rings. The van der Waals surface area contributed by atoms with Gasteiger partial charge in [-0.1, -0.05) is 41.9 Å². The summed E-state index contributed by atoms with van der Waals surface area (Å²) < 4.78 is 15.9. The first-order chi connectivity index (χ1) is 11.6. The molecular weight excluding hydrogens is 350 g/mol. The fraction of sp³-hybridized carbons (Fsp3) is 0.278. The molecule has 6 heteroatoms. The van der Waals surface area contributed by atoms with Gasteiger partial charge in [-0.2, -0.15) is 0 Å². The lowest BCUT2D eigenvalue weighted by molar-refractivity contribution is -0.119. The fourth-order valence-corrected chi connectivity index (χ4v) is 3.81. The van der Waals surface area contributed by atoms with Crippen molar-refractivity contribution >= 4 is 35.0 Å². The number of nitrogens with zero attached hydrogens (tertiary/aromatic N) is 1. The first-order valence-corrected chi connectivity index (χ1v) is 8.57. The van der Waals surface area contributed by atoms with Crippen LogP contribution in [0, 0.1) is 11.7 Å². The number of carbonyl (C=O) groups is 1. The number of fused-ring (bicyclic) bond motifs is 1. The molecule has 0 spiro atoms. The summed E-state index contributed by atoms with van der Waals surface area (Å²) in [6.07, 6.45) is 1.88. The van der Waals surface area contributed by atoms with E-state index in [0.717, 1.165) is 17.3 Å². The molecule has 3 atom stereocenters. The Labute approximate surface area is 149 Å². The first-order valence-electron chi connectivity index (χ1n) is 7.85. The zero-order valence-corrected chi connectivity index (χ0v) is 14.2. The molecule has 2 aromatic carbocycles. The van der Waals surface area contributed by atoms with Crippen molar-refractivity contribution in [2.45, 2.75) is 24.9 Å². The summed E-state index contributed by atoms with van der Waals surface area (Å²) in [6, 6.07) is 11.9. The van der Waals surface area contributed by atoms with E-state index in [0.29, 0.717) is 28.1 Å². The second-order valence-corrected chi connectivity index (χ2v) is 7.04. The lowest BCUT2D eigenvalue weighted by atomic mass is 10.0. The van der Waals surface area contributed by atoms with Crippen molar-refractivity contribution < 1.29 is 9.18 Å². The van der Waals surface area contributed by atoms with Gasteiger partial charge in [-0.25, -0.2) is 8.81 Å². The van der Waals surface area contributed by atoms with E-state index < -0.39 is 5.82 Å². The first kappa shape index (κ1) is 15.9. The van der Waals surface area contributed by atoms with Crippen molar-refractivity contribution in [3.8, 4) is 11.1 Å². The van der Waals surface area contributed by atoms with Gasteiger partial charge in [0.2, 0.25) is 0 Å². The molecule has 3 nitrogen and oxygen atoms in total. The largest absolute Gasteiger partial charge is 0.303 e. The van der Waals surface area contributed by atoms with Crippen LogP contribution in [0.5, 0.6) is 0 Å². The third kappa shape index (κ3) is 2.69. The third-order valence-electron chi connectivity index (χ3n) is 4.72. The molecule has 0 unspecified atom stereocenters. The maximum Gasteiger partial charge on any atom is 0.258 e. The average Bonchev–Trinajstić information content (AvgIpc) is 3.20. The molecule has 4 rings (SSSR count). The minimum Gasteiger partial charge on any atom is -0.303 e. The number of amides is 1. The fourth-order valence-electron chi connectivity index (χ4n) is 3.33. The summed E-state index contributed by atoms with van der Waals surface area (Å²) in [5.74, 6) is -0.320. The molecule has 1 amide bonds. The maximum absolute atomic E-state index is 15.0. The number of hydrogen-bond donors (Lipinski definition) is 1. The Kier molecular flexibility index (Phi) is 3.99. The Hall–Kier alpha value is -1.62. The molecule has 0 radical (unpaired) electrons. The number of rotatable bonds is 3. The molecule has 0 aromatic heterocycles. The lowest BCUT2D eigenvalue weighted by Crippen LogP contribution is -2.41. The van der Waals surface area contributed by atoms with Gasteiger partial charge in [-0.3, -0.25) is 4.79 Å². The van der Waals surface area contributed by atoms with E-state index in [2.05, 4.69) is 5.32 Å². The van der Waals surface area contributed by atoms with Crippen molar-refractivity contribution in [1.82, 2.24) is 5.32 Å². The van der Waals surface area contributed by atoms with E-state index in [1.165, 1.54) is 6.07 Å². The maximum atomic E-state index is 15.0. The molecule has 1 heterocycles. The van der Waals surface area contributed by atoms with Gasteiger partial charge in [-0.15, -0.1) is 0 Å². The van der Waals surface area contributed by atoms with Crippen molar-refractivity contribution in [1.29, 1.82) is 0 Å². The Morgan fingerprint density at radius 2 is 1.88 bits per heavy atom. The lowest BCUT2D eigenvalue weighted by Gasteiger charge is -2.21. The van der Waals surface area contributed by atoms with Crippen molar-refractivity contribution in [2.75, 3.05) is 4.42 Å². The predicted molar refractivity (Wildman–Crippen MR) is 93.6 cm³/mol. The van der Waals surface area contributed by atoms with Gasteiger partial charge in [0.15, 0.2) is 5.82 Å². The van der Waals surface area contributed by atoms with Crippen molar-refractivity contribution in [2.24, 2.45) is 5.92 Å². The van der Waals surface area contributed by atoms with Gasteiger partial charge >= 0.3 is 0 Å². The zero-order chi connectivity index (χ0) is 16.8. The quantitative estimate of drug-likeness (QED) is 0.819. The summed E-state index contributed by atoms with van der Waals surface area (Å²) >= 11 is 12.3. The molecule has 1 saturated carbocycles. The normalized spacial score (nSPS) is 24.5. The van der Waals surface area contributed by atoms with E-state index in [1.54, 1.807) is 36.4 Å². The molecule has 1 N–H and O–H groups in total. The van der Waals surface area contributed by atoms with Crippen molar-refractivity contribution in [3.05, 3.63) is 53.3 Å². The van der Waals surface area contributed by atoms with E-state index >= 15 is 0 Å². The van der Waals surface area contributed by atoms with Gasteiger partial charge in [-0.05, 0) is 30.9 Å². The van der Waals surface area contributed by atoms with Gasteiger partial charge in [0.25, 0.3) is 5.91 Å². The molecule has 0 bridgehead atoms. The van der Waals surface area contributed by atoms with Gasteiger partial charge in [0, 0.05) is 34.0 Å². The summed E-state index contributed by atoms with van der Waals surface area (Å²) in [5, 5.41) is 3.68. The Balaban J connectivity index is 1.65. The Morgan fingerprint density at radius 3 is 2.58 bits per heavy atom. The summed E-state index contributed by atoms with van der Waals surface area (Å²) in [5.41, 5.74) is 0.927. The highest BCUT2D eigenvalue weighted by molar-refractivity contribution is 6.37. The van der Waals surface area contributed by atoms with Gasteiger partial charge < -0.3 is 5.32 Å². The van der Waals surface area contributed by atoms with Crippen LogP contribution in [0.25, 0.3) is 11.1 Å². The van der Waals surface area contributed by atoms with Crippen LogP contribution in [0.15, 0.2) is 42.5 Å². The predicted octanol–water partition coefficient (Wildman–Crippen LogP) is 4.38. The Morgan fingerprint density at radius 1 is 1.12 bits per heavy atom. The molecule has 1 saturated heterocycles. The van der Waals surface area contributed by atoms with Crippen molar-refractivity contribution in [3.63, 3.8) is 0 Å². The zero-order valence-electron chi connectivity index (χ0n) is 12.7. The van der Waals surface area contributed by atoms with Crippen LogP contribution in [0.1, 0.15) is 12.8 Å². The molecule has 24 heavy (non-hydrogen) atoms. The minimum absolute atomic E-state index is 0.0430. The number of anilines is 1. The molecule has 1 aliphatic heterocycles. The SMILES string of the molecule is O=C([C@@H]1C[C@H]2C[C@H]2N1)N(Cl)c1cccc(-c2ccccc2Cl)c1F. The Bertz CT molecular complexity index is 803. The number of halogens is 3. The molecule has 1 aliphatic carbocycles. The number of nitrogens with one attached hydrogen (secondary N) is 1. The number of benzene rings is 2. The standard InChI is InChI=1S/C18H15Cl2FN2O/c19-13-6-2-1-4-11(13)12-5-3-7-16(17(12)21)23(20)18(24)15-9-10-8-14(10)22-15/h1-7,10,14-15,22H,8-9H2/t10-,14-,15+/m1/s1. The molecule has 124 valence electrons. The molecule has 2 aromatic rings. The van der Waals surface area contributed by atoms with E-state index in [4.69, 9.17) is 23.4 Å². The number of hydrogen-bond acceptors (Lipinski definition) is 2. The second kappa shape index (κ2) is 6.03. The van der Waals surface area contributed by atoms with Crippen LogP contribution in [0.2, 0.25) is 5.02 Å². The molecule has 2 aliphatic rings. The summed E-state index contributed by atoms with van der Waals surface area (Å²) in [7, 11) is 0. The van der Waals surface area contributed by atoms with E-state index in [-0.39, 0.29) is 17.6 Å². The van der Waals surface area contributed by atoms with Crippen LogP contribution in [0.4, 0.5) is 10.1 Å². The van der Waals surface area contributed by atoms with Crippen LogP contribution in [0.3, 0.4) is 0 Å². The van der Waals surface area contributed by atoms with E-state index in [1.807, 2.05) is 0 Å². The summed E-state index contributed by atoms with van der Waals surface area (Å²) in [6.45, 7) is 0. The topological polar surface area (TPSA) is 32.3 Å². The minimum atomic E-state index is -0.558. The highest BCUT2D eigenvalue weighted by atomic mass is 35.5. The molecular formula is C18H15Cl2FN2O. The highest BCUT2D eigenvalue weighted by Gasteiger charge is 2.48. The van der Waals surface area contributed by atoms with Gasteiger partial charge in [0.1, 0.15) is 0 Å². The van der Waals surface area contributed by atoms with Crippen LogP contribution < -0.4 is 9.74 Å². The smallest absolute Gasteiger partial charge is 0.258 e. The van der Waals surface area contributed by atoms with Gasteiger partial charge in [0.05, 0.1) is 11.7 Å². The number of carbonyl (C=O) groups excluding carboxylic acids is 1. The van der Waals surface area contributed by atoms with Crippen LogP contribution >= 0.6 is 23.4 Å². The summed E-state index contributed by atoms with van der Waals surface area (Å²) in [4.78, 5) is 12.5. The third-order valence-corrected chi connectivity index (χ3v) is 5.40. The van der Waals surface area contributed by atoms with Crippen LogP contribution in [-0.4, -0.2) is 18.0 Å². The van der Waals surface area contributed by atoms with E-state index in [9.17, 15) is 9.18 Å². The monoisotopic (exact) mass is 364 g/mol.